The number of anilines is 1. The van der Waals surface area contributed by atoms with Crippen LogP contribution in [-0.4, -0.2) is 30.9 Å². The number of hydrogen-bond acceptors (Lipinski definition) is 7. The molecule has 5 rings (SSSR count). The monoisotopic (exact) mass is 516 g/mol. The van der Waals surface area contributed by atoms with Crippen LogP contribution in [0.15, 0.2) is 66.3 Å². The van der Waals surface area contributed by atoms with Gasteiger partial charge < -0.3 is 10.1 Å². The van der Waals surface area contributed by atoms with Gasteiger partial charge in [0, 0.05) is 10.7 Å². The van der Waals surface area contributed by atoms with E-state index < -0.39 is 23.5 Å². The summed E-state index contributed by atoms with van der Waals surface area (Å²) in [7, 11) is 0. The minimum absolute atomic E-state index is 0.0550. The Morgan fingerprint density at radius 1 is 1.03 bits per heavy atom. The Morgan fingerprint density at radius 3 is 2.49 bits per heavy atom. The van der Waals surface area contributed by atoms with Gasteiger partial charge in [0.25, 0.3) is 5.91 Å². The van der Waals surface area contributed by atoms with Crippen molar-refractivity contribution in [3.63, 3.8) is 0 Å². The zero-order valence-electron chi connectivity index (χ0n) is 17.3. The van der Waals surface area contributed by atoms with E-state index in [4.69, 9.17) is 16.3 Å². The third kappa shape index (κ3) is 4.66. The molecule has 0 saturated carbocycles. The molecule has 8 nitrogen and oxygen atoms in total. The van der Waals surface area contributed by atoms with E-state index in [1.807, 2.05) is 11.4 Å². The van der Waals surface area contributed by atoms with Crippen LogP contribution in [0.1, 0.15) is 16.2 Å². The second-order valence-electron chi connectivity index (χ2n) is 7.07. The van der Waals surface area contributed by atoms with Gasteiger partial charge in [0.15, 0.2) is 11.4 Å². The molecule has 3 aromatic heterocycles. The van der Waals surface area contributed by atoms with Crippen molar-refractivity contribution in [3.05, 3.63) is 82.7 Å². The molecule has 0 radical (unpaired) electrons. The third-order valence-corrected chi connectivity index (χ3v) is 5.91. The fraction of sp³-hybridized carbons (Fsp3) is 0.0455. The molecule has 0 fully saturated rings. The van der Waals surface area contributed by atoms with Gasteiger partial charge in [-0.05, 0) is 60.0 Å². The molecule has 0 unspecified atom stereocenters. The standard InChI is InChI=1S/C22H12ClF3N6O2S/c23-12-1-5-14(6-2-12)32-19(22(24,25)26)17(30-31-32)20(33)29-13-3-7-15(8-4-13)34-21-18-16(9-10-35-18)27-11-28-21/h1-11H,(H,29,33). The predicted molar refractivity (Wildman–Crippen MR) is 123 cm³/mol. The smallest absolute Gasteiger partial charge is 0.435 e. The van der Waals surface area contributed by atoms with Crippen LogP contribution in [-0.2, 0) is 6.18 Å². The molecule has 0 atom stereocenters. The molecule has 5 aromatic rings. The summed E-state index contributed by atoms with van der Waals surface area (Å²) >= 11 is 7.23. The molecule has 0 saturated heterocycles. The number of nitrogens with one attached hydrogen (secondary N) is 1. The summed E-state index contributed by atoms with van der Waals surface area (Å²) in [6, 6.07) is 13.4. The maximum atomic E-state index is 13.8. The summed E-state index contributed by atoms with van der Waals surface area (Å²) in [4.78, 5) is 20.9. The van der Waals surface area contributed by atoms with E-state index in [1.165, 1.54) is 54.1 Å². The van der Waals surface area contributed by atoms with Crippen LogP contribution in [0.25, 0.3) is 15.9 Å². The lowest BCUT2D eigenvalue weighted by Crippen LogP contribution is -2.21. The fourth-order valence-electron chi connectivity index (χ4n) is 3.20. The SMILES string of the molecule is O=C(Nc1ccc(Oc2ncnc3ccsc23)cc1)c1nnn(-c2ccc(Cl)cc2)c1C(F)(F)F. The average molecular weight is 517 g/mol. The van der Waals surface area contributed by atoms with E-state index >= 15 is 0 Å². The molecular formula is C22H12ClF3N6O2S. The highest BCUT2D eigenvalue weighted by atomic mass is 35.5. The molecule has 3 heterocycles. The second-order valence-corrected chi connectivity index (χ2v) is 8.42. The summed E-state index contributed by atoms with van der Waals surface area (Å²) < 4.78 is 48.6. The number of benzene rings is 2. The summed E-state index contributed by atoms with van der Waals surface area (Å²) in [5, 5.41) is 11.6. The Balaban J connectivity index is 1.37. The van der Waals surface area contributed by atoms with Crippen molar-refractivity contribution in [2.45, 2.75) is 6.18 Å². The number of carbonyl (C=O) groups is 1. The van der Waals surface area contributed by atoms with Crippen molar-refractivity contribution in [2.75, 3.05) is 5.32 Å². The number of amides is 1. The predicted octanol–water partition coefficient (Wildman–Crippen LogP) is 5.99. The normalized spacial score (nSPS) is 11.5. The Kier molecular flexibility index (Phi) is 5.83. The Labute approximate surface area is 204 Å². The van der Waals surface area contributed by atoms with Crippen LogP contribution >= 0.6 is 22.9 Å². The topological polar surface area (TPSA) is 94.8 Å². The van der Waals surface area contributed by atoms with Crippen molar-refractivity contribution in [3.8, 4) is 17.3 Å². The van der Waals surface area contributed by atoms with Crippen molar-refractivity contribution in [2.24, 2.45) is 0 Å². The summed E-state index contributed by atoms with van der Waals surface area (Å²) in [6.07, 6.45) is -3.51. The number of halogens is 4. The Hall–Kier alpha value is -4.03. The van der Waals surface area contributed by atoms with E-state index in [2.05, 4.69) is 25.6 Å². The van der Waals surface area contributed by atoms with Gasteiger partial charge in [-0.15, -0.1) is 16.4 Å². The van der Waals surface area contributed by atoms with Crippen molar-refractivity contribution < 1.29 is 22.7 Å². The van der Waals surface area contributed by atoms with Crippen LogP contribution in [0.4, 0.5) is 18.9 Å². The van der Waals surface area contributed by atoms with Crippen molar-refractivity contribution in [1.29, 1.82) is 0 Å². The van der Waals surface area contributed by atoms with Gasteiger partial charge in [-0.1, -0.05) is 16.8 Å². The van der Waals surface area contributed by atoms with Gasteiger partial charge in [0.1, 0.15) is 16.8 Å². The number of alkyl halides is 3. The van der Waals surface area contributed by atoms with Gasteiger partial charge >= 0.3 is 6.18 Å². The van der Waals surface area contributed by atoms with E-state index in [1.54, 1.807) is 12.1 Å². The number of hydrogen-bond donors (Lipinski definition) is 1. The Morgan fingerprint density at radius 2 is 1.77 bits per heavy atom. The molecule has 35 heavy (non-hydrogen) atoms. The quantitative estimate of drug-likeness (QED) is 0.308. The lowest BCUT2D eigenvalue weighted by atomic mass is 10.2. The molecule has 0 aliphatic rings. The zero-order chi connectivity index (χ0) is 24.6. The van der Waals surface area contributed by atoms with Crippen LogP contribution in [0.2, 0.25) is 5.02 Å². The lowest BCUT2D eigenvalue weighted by Gasteiger charge is -2.11. The maximum absolute atomic E-state index is 13.8. The van der Waals surface area contributed by atoms with Crippen molar-refractivity contribution in [1.82, 2.24) is 25.0 Å². The summed E-state index contributed by atoms with van der Waals surface area (Å²) in [5.74, 6) is -0.279. The van der Waals surface area contributed by atoms with Gasteiger partial charge in [0.2, 0.25) is 5.88 Å². The first-order valence-corrected chi connectivity index (χ1v) is 11.1. The van der Waals surface area contributed by atoms with Crippen LogP contribution in [0.3, 0.4) is 0 Å². The number of aromatic nitrogens is 5. The average Bonchev–Trinajstić information content (AvgIpc) is 3.49. The molecule has 0 spiro atoms. The van der Waals surface area contributed by atoms with Crippen molar-refractivity contribution >= 4 is 44.7 Å². The van der Waals surface area contributed by atoms with Gasteiger partial charge in [-0.25, -0.2) is 14.6 Å². The molecule has 176 valence electrons. The van der Waals surface area contributed by atoms with Gasteiger partial charge in [0.05, 0.1) is 11.2 Å². The van der Waals surface area contributed by atoms with E-state index in [9.17, 15) is 18.0 Å². The molecule has 2 aromatic carbocycles. The number of fused-ring (bicyclic) bond motifs is 1. The van der Waals surface area contributed by atoms with Gasteiger partial charge in [-0.3, -0.25) is 4.79 Å². The van der Waals surface area contributed by atoms with E-state index in [0.29, 0.717) is 21.3 Å². The number of thiophene rings is 1. The molecule has 13 heteroatoms. The summed E-state index contributed by atoms with van der Waals surface area (Å²) in [5.41, 5.74) is -1.13. The first kappa shape index (κ1) is 22.7. The third-order valence-electron chi connectivity index (χ3n) is 4.76. The Bertz CT molecular complexity index is 1520. The number of rotatable bonds is 5. The molecule has 1 amide bonds. The molecule has 1 N–H and O–H groups in total. The minimum Gasteiger partial charge on any atom is -0.437 e. The highest BCUT2D eigenvalue weighted by Crippen LogP contribution is 2.34. The van der Waals surface area contributed by atoms with E-state index in [-0.39, 0.29) is 11.4 Å². The van der Waals surface area contributed by atoms with E-state index in [0.717, 1.165) is 10.2 Å². The highest BCUT2D eigenvalue weighted by molar-refractivity contribution is 7.17. The molecular weight excluding hydrogens is 505 g/mol. The molecule has 0 aliphatic heterocycles. The second kappa shape index (κ2) is 8.96. The number of carbonyl (C=O) groups excluding carboxylic acids is 1. The molecule has 0 aliphatic carbocycles. The van der Waals surface area contributed by atoms with Crippen LogP contribution in [0, 0.1) is 0 Å². The lowest BCUT2D eigenvalue weighted by molar-refractivity contribution is -0.143. The zero-order valence-corrected chi connectivity index (χ0v) is 18.9. The first-order valence-electron chi connectivity index (χ1n) is 9.86. The fourth-order valence-corrected chi connectivity index (χ4v) is 4.10. The maximum Gasteiger partial charge on any atom is 0.435 e. The van der Waals surface area contributed by atoms with Gasteiger partial charge in [-0.2, -0.15) is 13.2 Å². The van der Waals surface area contributed by atoms with Crippen LogP contribution in [0.5, 0.6) is 11.6 Å². The van der Waals surface area contributed by atoms with Crippen LogP contribution < -0.4 is 10.1 Å². The number of ether oxygens (including phenoxy) is 1. The minimum atomic E-state index is -4.89. The largest absolute Gasteiger partial charge is 0.437 e. The number of nitrogens with zero attached hydrogens (tertiary/aromatic N) is 5. The molecule has 0 bridgehead atoms. The first-order chi connectivity index (χ1) is 16.8. The highest BCUT2D eigenvalue weighted by Gasteiger charge is 2.42. The summed E-state index contributed by atoms with van der Waals surface area (Å²) in [6.45, 7) is 0.